The van der Waals surface area contributed by atoms with Crippen LogP contribution in [-0.2, 0) is 6.42 Å². The summed E-state index contributed by atoms with van der Waals surface area (Å²) in [6, 6.07) is 6.34. The summed E-state index contributed by atoms with van der Waals surface area (Å²) in [5, 5.41) is 0. The van der Waals surface area contributed by atoms with Gasteiger partial charge in [0.25, 0.3) is 0 Å². The van der Waals surface area contributed by atoms with Gasteiger partial charge in [0, 0.05) is 6.20 Å². The molecule has 0 aliphatic rings. The standard InChI is InChI=1S/C13H16N2.C3H8/c1-4-11-8-14-13-7-10(9(2)3)5-6-12(13)15-11;1-3-2/h5-9H,4H2,1-3H3;3H2,1-2H3. The number of rotatable bonds is 2. The first-order valence-electron chi connectivity index (χ1n) is 6.87. The van der Waals surface area contributed by atoms with Crippen LogP contribution < -0.4 is 0 Å². The molecule has 0 saturated heterocycles. The van der Waals surface area contributed by atoms with Crippen LogP contribution in [0.2, 0.25) is 0 Å². The first kappa shape index (κ1) is 14.6. The van der Waals surface area contributed by atoms with E-state index in [1.165, 1.54) is 12.0 Å². The monoisotopic (exact) mass is 244 g/mol. The highest BCUT2D eigenvalue weighted by Crippen LogP contribution is 2.18. The average Bonchev–Trinajstić information content (AvgIpc) is 2.38. The smallest absolute Gasteiger partial charge is 0.0890 e. The van der Waals surface area contributed by atoms with Crippen molar-refractivity contribution in [1.29, 1.82) is 0 Å². The molecule has 0 fully saturated rings. The largest absolute Gasteiger partial charge is 0.253 e. The van der Waals surface area contributed by atoms with Crippen molar-refractivity contribution < 1.29 is 0 Å². The molecule has 2 aromatic rings. The van der Waals surface area contributed by atoms with Gasteiger partial charge >= 0.3 is 0 Å². The molecule has 0 N–H and O–H groups in total. The van der Waals surface area contributed by atoms with Gasteiger partial charge in [-0.05, 0) is 30.0 Å². The van der Waals surface area contributed by atoms with Crippen LogP contribution in [0.4, 0.5) is 0 Å². The van der Waals surface area contributed by atoms with Gasteiger partial charge in [-0.25, -0.2) is 4.98 Å². The first-order valence-corrected chi connectivity index (χ1v) is 6.87. The van der Waals surface area contributed by atoms with Crippen molar-refractivity contribution in [1.82, 2.24) is 9.97 Å². The lowest BCUT2D eigenvalue weighted by atomic mass is 10.0. The van der Waals surface area contributed by atoms with Crippen LogP contribution in [0, 0.1) is 0 Å². The topological polar surface area (TPSA) is 25.8 Å². The van der Waals surface area contributed by atoms with Crippen LogP contribution in [-0.4, -0.2) is 9.97 Å². The van der Waals surface area contributed by atoms with Gasteiger partial charge in [0.1, 0.15) is 0 Å². The van der Waals surface area contributed by atoms with E-state index in [0.717, 1.165) is 23.1 Å². The number of hydrogen-bond acceptors (Lipinski definition) is 2. The predicted molar refractivity (Wildman–Crippen MR) is 79.0 cm³/mol. The highest BCUT2D eigenvalue weighted by Gasteiger charge is 2.02. The molecular formula is C16H24N2. The van der Waals surface area contributed by atoms with Crippen LogP contribution in [0.15, 0.2) is 24.4 Å². The van der Waals surface area contributed by atoms with Crippen LogP contribution in [0.1, 0.15) is 58.2 Å². The van der Waals surface area contributed by atoms with E-state index in [9.17, 15) is 0 Å². The molecule has 2 heteroatoms. The maximum absolute atomic E-state index is 4.53. The summed E-state index contributed by atoms with van der Waals surface area (Å²) in [4.78, 5) is 8.96. The number of benzene rings is 1. The zero-order chi connectivity index (χ0) is 13.5. The Labute approximate surface area is 110 Å². The lowest BCUT2D eigenvalue weighted by molar-refractivity contribution is 0.867. The third kappa shape index (κ3) is 3.80. The molecule has 0 saturated carbocycles. The minimum atomic E-state index is 0.544. The number of aromatic nitrogens is 2. The lowest BCUT2D eigenvalue weighted by Crippen LogP contribution is -1.93. The fraction of sp³-hybridized carbons (Fsp3) is 0.500. The van der Waals surface area contributed by atoms with Gasteiger partial charge in [-0.3, -0.25) is 4.98 Å². The fourth-order valence-corrected chi connectivity index (χ4v) is 1.60. The molecule has 0 unspecified atom stereocenters. The van der Waals surface area contributed by atoms with Gasteiger partial charge in [0.05, 0.1) is 16.7 Å². The zero-order valence-corrected chi connectivity index (χ0v) is 12.2. The Balaban J connectivity index is 0.000000492. The van der Waals surface area contributed by atoms with Crippen molar-refractivity contribution >= 4 is 11.0 Å². The Morgan fingerprint density at radius 3 is 2.28 bits per heavy atom. The van der Waals surface area contributed by atoms with Crippen molar-refractivity contribution in [3.05, 3.63) is 35.7 Å². The summed E-state index contributed by atoms with van der Waals surface area (Å²) in [6.07, 6.45) is 4.06. The summed E-state index contributed by atoms with van der Waals surface area (Å²) >= 11 is 0. The quantitative estimate of drug-likeness (QED) is 0.763. The molecule has 18 heavy (non-hydrogen) atoms. The van der Waals surface area contributed by atoms with Crippen LogP contribution in [0.25, 0.3) is 11.0 Å². The molecule has 1 heterocycles. The molecule has 0 atom stereocenters. The molecule has 0 radical (unpaired) electrons. The Hall–Kier alpha value is -1.44. The van der Waals surface area contributed by atoms with E-state index in [4.69, 9.17) is 0 Å². The van der Waals surface area contributed by atoms with E-state index < -0.39 is 0 Å². The minimum absolute atomic E-state index is 0.544. The van der Waals surface area contributed by atoms with Crippen LogP contribution in [0.5, 0.6) is 0 Å². The van der Waals surface area contributed by atoms with E-state index >= 15 is 0 Å². The molecule has 0 amide bonds. The molecule has 0 bridgehead atoms. The first-order chi connectivity index (χ1) is 8.62. The maximum atomic E-state index is 4.53. The van der Waals surface area contributed by atoms with Gasteiger partial charge in [0.2, 0.25) is 0 Å². The Kier molecular flexibility index (Phi) is 5.76. The van der Waals surface area contributed by atoms with Crippen LogP contribution in [0.3, 0.4) is 0 Å². The molecule has 98 valence electrons. The number of fused-ring (bicyclic) bond motifs is 1. The summed E-state index contributed by atoms with van der Waals surface area (Å²) in [7, 11) is 0. The minimum Gasteiger partial charge on any atom is -0.253 e. The fourth-order valence-electron chi connectivity index (χ4n) is 1.60. The number of nitrogens with zero attached hydrogens (tertiary/aromatic N) is 2. The van der Waals surface area contributed by atoms with Crippen molar-refractivity contribution in [3.63, 3.8) is 0 Å². The van der Waals surface area contributed by atoms with E-state index in [2.05, 4.69) is 62.8 Å². The van der Waals surface area contributed by atoms with Gasteiger partial charge in [-0.15, -0.1) is 0 Å². The van der Waals surface area contributed by atoms with E-state index in [-0.39, 0.29) is 0 Å². The highest BCUT2D eigenvalue weighted by molar-refractivity contribution is 5.74. The molecule has 1 aromatic heterocycles. The molecule has 1 aromatic carbocycles. The second-order valence-corrected chi connectivity index (χ2v) is 4.82. The number of aryl methyl sites for hydroxylation is 1. The Morgan fingerprint density at radius 2 is 1.72 bits per heavy atom. The highest BCUT2D eigenvalue weighted by atomic mass is 14.8. The van der Waals surface area contributed by atoms with Crippen molar-refractivity contribution in [2.45, 2.75) is 53.4 Å². The molecule has 0 aliphatic heterocycles. The lowest BCUT2D eigenvalue weighted by Gasteiger charge is -2.06. The summed E-state index contributed by atoms with van der Waals surface area (Å²) < 4.78 is 0. The third-order valence-corrected chi connectivity index (χ3v) is 2.65. The normalized spacial score (nSPS) is 10.3. The van der Waals surface area contributed by atoms with Gasteiger partial charge in [-0.2, -0.15) is 0 Å². The SMILES string of the molecule is CCC.CCc1cnc2cc(C(C)C)ccc2n1. The van der Waals surface area contributed by atoms with Crippen molar-refractivity contribution in [3.8, 4) is 0 Å². The Bertz CT molecular complexity index is 489. The van der Waals surface area contributed by atoms with E-state index in [1.54, 1.807) is 0 Å². The second kappa shape index (κ2) is 7.10. The Morgan fingerprint density at radius 1 is 1.06 bits per heavy atom. The van der Waals surface area contributed by atoms with Crippen molar-refractivity contribution in [2.75, 3.05) is 0 Å². The van der Waals surface area contributed by atoms with E-state index in [1.807, 2.05) is 6.20 Å². The predicted octanol–water partition coefficient (Wildman–Crippen LogP) is 4.73. The molecule has 0 spiro atoms. The summed E-state index contributed by atoms with van der Waals surface area (Å²) in [5.74, 6) is 0.544. The average molecular weight is 244 g/mol. The number of hydrogen-bond donors (Lipinski definition) is 0. The summed E-state index contributed by atoms with van der Waals surface area (Å²) in [6.45, 7) is 10.7. The molecule has 2 rings (SSSR count). The third-order valence-electron chi connectivity index (χ3n) is 2.65. The van der Waals surface area contributed by atoms with Crippen LogP contribution >= 0.6 is 0 Å². The molecular weight excluding hydrogens is 220 g/mol. The molecule has 2 nitrogen and oxygen atoms in total. The zero-order valence-electron chi connectivity index (χ0n) is 12.2. The van der Waals surface area contributed by atoms with Gasteiger partial charge < -0.3 is 0 Å². The summed E-state index contributed by atoms with van der Waals surface area (Å²) in [5.41, 5.74) is 4.37. The maximum Gasteiger partial charge on any atom is 0.0890 e. The second-order valence-electron chi connectivity index (χ2n) is 4.82. The molecule has 0 aliphatic carbocycles. The van der Waals surface area contributed by atoms with Gasteiger partial charge in [0.15, 0.2) is 0 Å². The van der Waals surface area contributed by atoms with E-state index in [0.29, 0.717) is 5.92 Å². The van der Waals surface area contributed by atoms with Crippen molar-refractivity contribution in [2.24, 2.45) is 0 Å². The van der Waals surface area contributed by atoms with Gasteiger partial charge in [-0.1, -0.05) is 47.1 Å².